The van der Waals surface area contributed by atoms with Gasteiger partial charge in [0.25, 0.3) is 10.0 Å². The SMILES string of the molecule is CCOC(=O)c1ccc(NC(=O)C2C(C)NNC2S(=O)(=O)Nc2ccc(C)cc2)cc1. The molecule has 0 aromatic heterocycles. The van der Waals surface area contributed by atoms with Gasteiger partial charge >= 0.3 is 5.97 Å². The third-order valence-electron chi connectivity index (χ3n) is 4.93. The Bertz CT molecular complexity index is 1040. The molecule has 3 rings (SSSR count). The standard InChI is InChI=1S/C21H26N4O5S/c1-4-30-21(27)15-7-11-16(12-8-15)22-19(26)18-14(3)23-24-20(18)31(28,29)25-17-9-5-13(2)6-10-17/h5-12,14,18,20,23-25H,4H2,1-3H3,(H,22,26). The van der Waals surface area contributed by atoms with Gasteiger partial charge in [0.15, 0.2) is 5.37 Å². The van der Waals surface area contributed by atoms with Crippen LogP contribution < -0.4 is 20.9 Å². The normalized spacial score (nSPS) is 20.8. The number of nitrogens with one attached hydrogen (secondary N) is 4. The van der Waals surface area contributed by atoms with Crippen LogP contribution in [0.2, 0.25) is 0 Å². The van der Waals surface area contributed by atoms with Gasteiger partial charge in [0.1, 0.15) is 0 Å². The maximum Gasteiger partial charge on any atom is 0.338 e. The minimum Gasteiger partial charge on any atom is -0.462 e. The number of anilines is 2. The Balaban J connectivity index is 1.72. The van der Waals surface area contributed by atoms with Gasteiger partial charge in [-0.05, 0) is 57.2 Å². The Morgan fingerprint density at radius 3 is 2.23 bits per heavy atom. The summed E-state index contributed by atoms with van der Waals surface area (Å²) < 4.78 is 33.3. The Labute approximate surface area is 181 Å². The number of sulfonamides is 1. The third-order valence-corrected chi connectivity index (χ3v) is 6.53. The molecule has 166 valence electrons. The zero-order valence-corrected chi connectivity index (χ0v) is 18.3. The third kappa shape index (κ3) is 5.40. The average Bonchev–Trinajstić information content (AvgIpc) is 3.13. The molecule has 0 radical (unpaired) electrons. The fraction of sp³-hybridized carbons (Fsp3) is 0.333. The molecule has 4 N–H and O–H groups in total. The molecule has 31 heavy (non-hydrogen) atoms. The number of aryl methyl sites for hydroxylation is 1. The van der Waals surface area contributed by atoms with Crippen LogP contribution in [0.15, 0.2) is 48.5 Å². The second-order valence-electron chi connectivity index (χ2n) is 7.32. The van der Waals surface area contributed by atoms with Gasteiger partial charge in [-0.25, -0.2) is 18.6 Å². The molecule has 0 saturated carbocycles. The van der Waals surface area contributed by atoms with Crippen LogP contribution in [0, 0.1) is 12.8 Å². The zero-order valence-electron chi connectivity index (χ0n) is 17.5. The van der Waals surface area contributed by atoms with Crippen molar-refractivity contribution in [3.05, 3.63) is 59.7 Å². The van der Waals surface area contributed by atoms with Crippen molar-refractivity contribution in [2.45, 2.75) is 32.2 Å². The number of esters is 1. The first-order chi connectivity index (χ1) is 14.7. The van der Waals surface area contributed by atoms with Crippen LogP contribution in [-0.4, -0.2) is 38.3 Å². The van der Waals surface area contributed by atoms with E-state index in [0.29, 0.717) is 16.9 Å². The Morgan fingerprint density at radius 2 is 1.61 bits per heavy atom. The molecule has 9 nitrogen and oxygen atoms in total. The summed E-state index contributed by atoms with van der Waals surface area (Å²) in [5.74, 6) is -1.81. The number of ether oxygens (including phenoxy) is 1. The van der Waals surface area contributed by atoms with Crippen molar-refractivity contribution in [1.82, 2.24) is 10.9 Å². The smallest absolute Gasteiger partial charge is 0.338 e. The van der Waals surface area contributed by atoms with Gasteiger partial charge in [-0.1, -0.05) is 17.7 Å². The molecule has 1 amide bonds. The summed E-state index contributed by atoms with van der Waals surface area (Å²) in [6, 6.07) is 12.7. The van der Waals surface area contributed by atoms with Crippen molar-refractivity contribution < 1.29 is 22.7 Å². The number of carbonyl (C=O) groups excluding carboxylic acids is 2. The van der Waals surface area contributed by atoms with E-state index >= 15 is 0 Å². The first kappa shape index (κ1) is 22.7. The van der Waals surface area contributed by atoms with Crippen LogP contribution in [0.4, 0.5) is 11.4 Å². The first-order valence-corrected chi connectivity index (χ1v) is 11.4. The molecule has 1 aliphatic heterocycles. The van der Waals surface area contributed by atoms with Gasteiger partial charge in [-0.15, -0.1) is 0 Å². The molecular weight excluding hydrogens is 420 g/mol. The Kier molecular flexibility index (Phi) is 6.94. The highest BCUT2D eigenvalue weighted by atomic mass is 32.2. The molecular formula is C21H26N4O5S. The van der Waals surface area contributed by atoms with E-state index in [9.17, 15) is 18.0 Å². The van der Waals surface area contributed by atoms with E-state index < -0.39 is 39.2 Å². The van der Waals surface area contributed by atoms with Gasteiger partial charge < -0.3 is 10.1 Å². The second kappa shape index (κ2) is 9.46. The lowest BCUT2D eigenvalue weighted by atomic mass is 10.0. The minimum atomic E-state index is -3.92. The first-order valence-electron chi connectivity index (χ1n) is 9.88. The van der Waals surface area contributed by atoms with Crippen LogP contribution in [0.3, 0.4) is 0 Å². The largest absolute Gasteiger partial charge is 0.462 e. The van der Waals surface area contributed by atoms with Gasteiger partial charge in [0.2, 0.25) is 5.91 Å². The fourth-order valence-corrected chi connectivity index (χ4v) is 4.83. The lowest BCUT2D eigenvalue weighted by Crippen LogP contribution is -2.45. The van der Waals surface area contributed by atoms with E-state index in [0.717, 1.165) is 5.56 Å². The molecule has 1 heterocycles. The van der Waals surface area contributed by atoms with E-state index in [4.69, 9.17) is 4.74 Å². The summed E-state index contributed by atoms with van der Waals surface area (Å²) in [5.41, 5.74) is 7.77. The van der Waals surface area contributed by atoms with Gasteiger partial charge in [-0.2, -0.15) is 0 Å². The van der Waals surface area contributed by atoms with Crippen molar-refractivity contribution in [2.75, 3.05) is 16.6 Å². The lowest BCUT2D eigenvalue weighted by molar-refractivity contribution is -0.119. The molecule has 2 aromatic carbocycles. The molecule has 1 fully saturated rings. The second-order valence-corrected chi connectivity index (χ2v) is 9.13. The van der Waals surface area contributed by atoms with Gasteiger partial charge in [0, 0.05) is 17.4 Å². The Hall–Kier alpha value is -2.95. The minimum absolute atomic E-state index is 0.267. The van der Waals surface area contributed by atoms with Crippen LogP contribution >= 0.6 is 0 Å². The predicted molar refractivity (Wildman–Crippen MR) is 118 cm³/mol. The van der Waals surface area contributed by atoms with E-state index in [1.54, 1.807) is 50.2 Å². The number of benzene rings is 2. The number of rotatable bonds is 7. The highest BCUT2D eigenvalue weighted by Gasteiger charge is 2.46. The summed E-state index contributed by atoms with van der Waals surface area (Å²) >= 11 is 0. The number of amides is 1. The summed E-state index contributed by atoms with van der Waals surface area (Å²) in [7, 11) is -3.92. The quantitative estimate of drug-likeness (QED) is 0.479. The van der Waals surface area contributed by atoms with Crippen molar-refractivity contribution >= 4 is 33.3 Å². The maximum atomic E-state index is 12.9. The number of hydrazine groups is 1. The van der Waals surface area contributed by atoms with Gasteiger partial charge in [0.05, 0.1) is 18.1 Å². The zero-order chi connectivity index (χ0) is 22.6. The number of carbonyl (C=O) groups is 2. The monoisotopic (exact) mass is 446 g/mol. The number of hydrogen-bond donors (Lipinski definition) is 4. The van der Waals surface area contributed by atoms with E-state index in [1.807, 2.05) is 6.92 Å². The molecule has 2 aromatic rings. The van der Waals surface area contributed by atoms with E-state index in [1.165, 1.54) is 12.1 Å². The molecule has 10 heteroatoms. The van der Waals surface area contributed by atoms with Crippen LogP contribution in [0.1, 0.15) is 29.8 Å². The lowest BCUT2D eigenvalue weighted by Gasteiger charge is -2.21. The van der Waals surface area contributed by atoms with Crippen molar-refractivity contribution in [2.24, 2.45) is 5.92 Å². The highest BCUT2D eigenvalue weighted by molar-refractivity contribution is 7.93. The van der Waals surface area contributed by atoms with Crippen LogP contribution in [0.25, 0.3) is 0 Å². The van der Waals surface area contributed by atoms with E-state index in [2.05, 4.69) is 20.9 Å². The van der Waals surface area contributed by atoms with Gasteiger partial charge in [-0.3, -0.25) is 14.9 Å². The Morgan fingerprint density at radius 1 is 1.00 bits per heavy atom. The molecule has 3 unspecified atom stereocenters. The van der Waals surface area contributed by atoms with Crippen molar-refractivity contribution in [1.29, 1.82) is 0 Å². The van der Waals surface area contributed by atoms with Crippen molar-refractivity contribution in [3.63, 3.8) is 0 Å². The van der Waals surface area contributed by atoms with Crippen LogP contribution in [0.5, 0.6) is 0 Å². The fourth-order valence-electron chi connectivity index (χ4n) is 3.27. The molecule has 1 saturated heterocycles. The molecule has 0 spiro atoms. The molecule has 0 bridgehead atoms. The summed E-state index contributed by atoms with van der Waals surface area (Å²) in [5, 5.41) is 1.54. The summed E-state index contributed by atoms with van der Waals surface area (Å²) in [6.07, 6.45) is 0. The topological polar surface area (TPSA) is 126 Å². The van der Waals surface area contributed by atoms with Crippen LogP contribution in [-0.2, 0) is 19.6 Å². The average molecular weight is 447 g/mol. The molecule has 0 aliphatic carbocycles. The summed E-state index contributed by atoms with van der Waals surface area (Å²) in [4.78, 5) is 24.7. The molecule has 1 aliphatic rings. The molecule has 3 atom stereocenters. The maximum absolute atomic E-state index is 12.9. The highest BCUT2D eigenvalue weighted by Crippen LogP contribution is 2.24. The summed E-state index contributed by atoms with van der Waals surface area (Å²) in [6.45, 7) is 5.61. The predicted octanol–water partition coefficient (Wildman–Crippen LogP) is 1.99. The van der Waals surface area contributed by atoms with E-state index in [-0.39, 0.29) is 6.61 Å². The van der Waals surface area contributed by atoms with Crippen molar-refractivity contribution in [3.8, 4) is 0 Å². The number of hydrogen-bond acceptors (Lipinski definition) is 7.